The van der Waals surface area contributed by atoms with Crippen LogP contribution in [0.15, 0.2) is 47.2 Å². The van der Waals surface area contributed by atoms with E-state index in [1.54, 1.807) is 42.7 Å². The van der Waals surface area contributed by atoms with Crippen molar-refractivity contribution < 1.29 is 14.7 Å². The van der Waals surface area contributed by atoms with Gasteiger partial charge in [-0.05, 0) is 57.4 Å². The van der Waals surface area contributed by atoms with Crippen LogP contribution in [0.3, 0.4) is 0 Å². The highest BCUT2D eigenvalue weighted by Crippen LogP contribution is 2.30. The van der Waals surface area contributed by atoms with Crippen molar-refractivity contribution in [1.82, 2.24) is 10.3 Å². The molecule has 23 heavy (non-hydrogen) atoms. The fraction of sp³-hybridized carbons (Fsp3) is 0.118. The molecule has 0 aliphatic heterocycles. The summed E-state index contributed by atoms with van der Waals surface area (Å²) < 4.78 is 0.404. The minimum absolute atomic E-state index is 0.124. The molecule has 1 aromatic heterocycles. The number of halogens is 1. The molecule has 0 saturated carbocycles. The molecular formula is C17H15BrN2O3. The fourth-order valence-corrected chi connectivity index (χ4v) is 2.42. The van der Waals surface area contributed by atoms with E-state index < -0.39 is 0 Å². The minimum atomic E-state index is -0.329. The number of rotatable bonds is 5. The van der Waals surface area contributed by atoms with Crippen molar-refractivity contribution in [3.05, 3.63) is 63.9 Å². The summed E-state index contributed by atoms with van der Waals surface area (Å²) in [6, 6.07) is 6.77. The van der Waals surface area contributed by atoms with Crippen molar-refractivity contribution in [2.75, 3.05) is 0 Å². The van der Waals surface area contributed by atoms with Gasteiger partial charge in [0.15, 0.2) is 5.78 Å². The lowest BCUT2D eigenvalue weighted by Crippen LogP contribution is -2.19. The highest BCUT2D eigenvalue weighted by Gasteiger charge is 2.13. The quantitative estimate of drug-likeness (QED) is 0.622. The third-order valence-corrected chi connectivity index (χ3v) is 3.67. The first-order valence-corrected chi connectivity index (χ1v) is 7.65. The number of hydrogen-bond acceptors (Lipinski definition) is 4. The minimum Gasteiger partial charge on any atom is -0.506 e. The predicted molar refractivity (Wildman–Crippen MR) is 90.9 cm³/mol. The van der Waals surface area contributed by atoms with Crippen LogP contribution < -0.4 is 5.32 Å². The summed E-state index contributed by atoms with van der Waals surface area (Å²) >= 11 is 3.22. The number of benzene rings is 1. The van der Waals surface area contributed by atoms with Gasteiger partial charge in [0, 0.05) is 25.9 Å². The Morgan fingerprint density at radius 3 is 2.65 bits per heavy atom. The van der Waals surface area contributed by atoms with Gasteiger partial charge in [-0.25, -0.2) is 0 Å². The maximum absolute atomic E-state index is 12.3. The third-order valence-electron chi connectivity index (χ3n) is 3.06. The molecular weight excluding hydrogens is 360 g/mol. The molecule has 118 valence electrons. The Morgan fingerprint density at radius 2 is 2.00 bits per heavy atom. The largest absolute Gasteiger partial charge is 0.506 e. The Kier molecular flexibility index (Phi) is 5.65. The van der Waals surface area contributed by atoms with Gasteiger partial charge < -0.3 is 10.4 Å². The molecule has 2 N–H and O–H groups in total. The molecule has 0 aliphatic rings. The molecule has 0 aliphatic carbocycles. The number of carbonyl (C=O) groups is 2. The van der Waals surface area contributed by atoms with E-state index in [-0.39, 0.29) is 29.5 Å². The highest BCUT2D eigenvalue weighted by molar-refractivity contribution is 9.10. The Bertz CT molecular complexity index is 758. The number of phenolic OH excluding ortho intramolecular Hbond substituents is 1. The van der Waals surface area contributed by atoms with Crippen LogP contribution in [-0.4, -0.2) is 21.8 Å². The van der Waals surface area contributed by atoms with Crippen molar-refractivity contribution in [3.63, 3.8) is 0 Å². The van der Waals surface area contributed by atoms with Gasteiger partial charge in [0.2, 0.25) is 5.91 Å². The van der Waals surface area contributed by atoms with E-state index in [0.717, 1.165) is 5.56 Å². The molecule has 0 atom stereocenters. The van der Waals surface area contributed by atoms with E-state index in [2.05, 4.69) is 26.2 Å². The van der Waals surface area contributed by atoms with E-state index in [1.165, 1.54) is 13.0 Å². The van der Waals surface area contributed by atoms with Gasteiger partial charge in [-0.1, -0.05) is 6.08 Å². The monoisotopic (exact) mass is 374 g/mol. The molecule has 0 saturated heterocycles. The Labute approximate surface area is 142 Å². The van der Waals surface area contributed by atoms with Crippen molar-refractivity contribution in [3.8, 4) is 5.75 Å². The summed E-state index contributed by atoms with van der Waals surface area (Å²) in [5.74, 6) is -0.620. The van der Waals surface area contributed by atoms with Crippen LogP contribution in [0.25, 0.3) is 6.08 Å². The number of carbonyl (C=O) groups excluding carboxylic acids is 2. The number of nitrogens with zero attached hydrogens (tertiary/aromatic N) is 1. The topological polar surface area (TPSA) is 79.3 Å². The predicted octanol–water partition coefficient (Wildman–Crippen LogP) is 3.08. The molecule has 0 unspecified atom stereocenters. The molecule has 6 heteroatoms. The van der Waals surface area contributed by atoms with Gasteiger partial charge >= 0.3 is 0 Å². The van der Waals surface area contributed by atoms with E-state index in [9.17, 15) is 14.7 Å². The summed E-state index contributed by atoms with van der Waals surface area (Å²) in [6.45, 7) is 1.70. The van der Waals surface area contributed by atoms with Gasteiger partial charge in [-0.15, -0.1) is 0 Å². The average Bonchev–Trinajstić information content (AvgIpc) is 2.54. The molecule has 5 nitrogen and oxygen atoms in total. The first kappa shape index (κ1) is 16.9. The number of hydrogen-bond donors (Lipinski definition) is 2. The zero-order chi connectivity index (χ0) is 16.8. The molecule has 1 amide bonds. The van der Waals surface area contributed by atoms with E-state index in [4.69, 9.17) is 0 Å². The van der Waals surface area contributed by atoms with E-state index in [0.29, 0.717) is 10.0 Å². The van der Waals surface area contributed by atoms with Crippen molar-refractivity contribution in [1.29, 1.82) is 0 Å². The first-order chi connectivity index (χ1) is 11.0. The lowest BCUT2D eigenvalue weighted by atomic mass is 10.0. The first-order valence-electron chi connectivity index (χ1n) is 6.85. The Balaban J connectivity index is 2.25. The average molecular weight is 375 g/mol. The normalized spacial score (nSPS) is 10.7. The number of ketones is 1. The second-order valence-electron chi connectivity index (χ2n) is 4.86. The molecule has 1 heterocycles. The number of aromatic hydroxyl groups is 1. The third kappa shape index (κ3) is 4.75. The molecule has 0 radical (unpaired) electrons. The Morgan fingerprint density at radius 1 is 1.30 bits per heavy atom. The van der Waals surface area contributed by atoms with Gasteiger partial charge in [-0.2, -0.15) is 0 Å². The second kappa shape index (κ2) is 7.69. The molecule has 0 fully saturated rings. The SMILES string of the molecule is CC(=O)NCc1cc(Br)c(O)c(C(=O)/C=C/c2ccncc2)c1. The van der Waals surface area contributed by atoms with Gasteiger partial charge in [0.1, 0.15) is 5.75 Å². The highest BCUT2D eigenvalue weighted by atomic mass is 79.9. The zero-order valence-electron chi connectivity index (χ0n) is 12.4. The number of aromatic nitrogens is 1. The summed E-state index contributed by atoms with van der Waals surface area (Å²) in [5, 5.41) is 12.7. The molecule has 0 spiro atoms. The summed E-state index contributed by atoms with van der Waals surface area (Å²) in [7, 11) is 0. The lowest BCUT2D eigenvalue weighted by Gasteiger charge is -2.08. The van der Waals surface area contributed by atoms with Crippen molar-refractivity contribution in [2.45, 2.75) is 13.5 Å². The number of pyridine rings is 1. The maximum Gasteiger partial charge on any atom is 0.217 e. The Hall–Kier alpha value is -2.47. The molecule has 1 aromatic carbocycles. The fourth-order valence-electron chi connectivity index (χ4n) is 1.91. The second-order valence-corrected chi connectivity index (χ2v) is 5.72. The smallest absolute Gasteiger partial charge is 0.217 e. The zero-order valence-corrected chi connectivity index (χ0v) is 14.0. The van der Waals surface area contributed by atoms with Crippen molar-refractivity contribution >= 4 is 33.7 Å². The summed E-state index contributed by atoms with van der Waals surface area (Å²) in [5.41, 5.74) is 1.72. The van der Waals surface area contributed by atoms with Crippen LogP contribution >= 0.6 is 15.9 Å². The summed E-state index contributed by atoms with van der Waals surface area (Å²) in [4.78, 5) is 27.2. The number of amides is 1. The maximum atomic E-state index is 12.3. The van der Waals surface area contributed by atoms with E-state index >= 15 is 0 Å². The van der Waals surface area contributed by atoms with Crippen LogP contribution in [0.2, 0.25) is 0 Å². The van der Waals surface area contributed by atoms with Crippen LogP contribution in [0.1, 0.15) is 28.4 Å². The number of nitrogens with one attached hydrogen (secondary N) is 1. The van der Waals surface area contributed by atoms with Crippen molar-refractivity contribution in [2.24, 2.45) is 0 Å². The summed E-state index contributed by atoms with van der Waals surface area (Å²) in [6.07, 6.45) is 6.30. The van der Waals surface area contributed by atoms with Gasteiger partial charge in [-0.3, -0.25) is 14.6 Å². The molecule has 2 rings (SSSR count). The number of allylic oxidation sites excluding steroid dienone is 1. The molecule has 2 aromatic rings. The lowest BCUT2D eigenvalue weighted by molar-refractivity contribution is -0.119. The van der Waals surface area contributed by atoms with Crippen LogP contribution in [0, 0.1) is 0 Å². The van der Waals surface area contributed by atoms with Gasteiger partial charge in [0.25, 0.3) is 0 Å². The van der Waals surface area contributed by atoms with Gasteiger partial charge in [0.05, 0.1) is 10.0 Å². The van der Waals surface area contributed by atoms with Crippen LogP contribution in [-0.2, 0) is 11.3 Å². The van der Waals surface area contributed by atoms with E-state index in [1.807, 2.05) is 0 Å². The standard InChI is InChI=1S/C17H15BrN2O3/c1-11(21)20-10-13-8-14(17(23)15(18)9-13)16(22)3-2-12-4-6-19-7-5-12/h2-9,23H,10H2,1H3,(H,20,21)/b3-2+. The number of phenols is 1. The van der Waals surface area contributed by atoms with Crippen LogP contribution in [0.4, 0.5) is 0 Å². The van der Waals surface area contributed by atoms with Crippen LogP contribution in [0.5, 0.6) is 5.75 Å². The molecule has 0 bridgehead atoms.